The van der Waals surface area contributed by atoms with Crippen LogP contribution in [0.1, 0.15) is 63.0 Å². The smallest absolute Gasteiger partial charge is 0.308 e. The third-order valence-electron chi connectivity index (χ3n) is 5.68. The van der Waals surface area contributed by atoms with Gasteiger partial charge in [-0.25, -0.2) is 4.98 Å². The van der Waals surface area contributed by atoms with Gasteiger partial charge in [0.1, 0.15) is 5.60 Å². The van der Waals surface area contributed by atoms with Crippen molar-refractivity contribution in [2.45, 2.75) is 58.3 Å². The molecule has 0 bridgehead atoms. The predicted octanol–water partition coefficient (Wildman–Crippen LogP) is 6.75. The van der Waals surface area contributed by atoms with Crippen LogP contribution in [0.15, 0.2) is 72.8 Å². The average Bonchev–Trinajstić information content (AvgIpc) is 2.85. The first-order valence-electron chi connectivity index (χ1n) is 12.0. The molecule has 1 aromatic heterocycles. The Kier molecular flexibility index (Phi) is 9.88. The minimum atomic E-state index is -0.597. The van der Waals surface area contributed by atoms with Crippen LogP contribution >= 0.6 is 11.6 Å². The van der Waals surface area contributed by atoms with Crippen LogP contribution in [0.2, 0.25) is 5.15 Å². The largest absolute Gasteiger partial charge is 0.464 e. The zero-order valence-electron chi connectivity index (χ0n) is 21.6. The van der Waals surface area contributed by atoms with Crippen LogP contribution in [0.3, 0.4) is 0 Å². The number of carbonyl (C=O) groups excluding carboxylic acids is 1. The number of pyridine rings is 1. The summed E-state index contributed by atoms with van der Waals surface area (Å²) >= 11 is 6.49. The quantitative estimate of drug-likeness (QED) is 0.161. The van der Waals surface area contributed by atoms with Crippen molar-refractivity contribution < 1.29 is 19.0 Å². The van der Waals surface area contributed by atoms with E-state index in [0.717, 1.165) is 11.1 Å². The van der Waals surface area contributed by atoms with Gasteiger partial charge in [0, 0.05) is 19.7 Å². The predicted molar refractivity (Wildman–Crippen MR) is 142 cm³/mol. The summed E-state index contributed by atoms with van der Waals surface area (Å²) in [5.74, 6) is 0.118. The molecule has 0 amide bonds. The topological polar surface area (TPSA) is 60.9 Å². The van der Waals surface area contributed by atoms with Crippen molar-refractivity contribution >= 4 is 17.6 Å². The van der Waals surface area contributed by atoms with Crippen molar-refractivity contribution in [1.29, 1.82) is 0 Å². The summed E-state index contributed by atoms with van der Waals surface area (Å²) in [6.45, 7) is 8.40. The van der Waals surface area contributed by atoms with Gasteiger partial charge in [0.05, 0.1) is 18.2 Å². The Balaban J connectivity index is 2.05. The normalized spacial score (nSPS) is 13.3. The van der Waals surface area contributed by atoms with Crippen molar-refractivity contribution in [2.24, 2.45) is 0 Å². The van der Waals surface area contributed by atoms with Crippen LogP contribution in [0.25, 0.3) is 0 Å². The Labute approximate surface area is 219 Å². The summed E-state index contributed by atoms with van der Waals surface area (Å²) in [4.78, 5) is 20.0. The van der Waals surface area contributed by atoms with Crippen LogP contribution in [0.4, 0.5) is 0 Å². The fraction of sp³-hybridized carbons (Fsp3) is 0.379. The lowest BCUT2D eigenvalue weighted by atomic mass is 9.99. The number of nitrogens with zero attached hydrogens (tertiary/aromatic N) is 2. The van der Waals surface area contributed by atoms with Gasteiger partial charge in [-0.05, 0) is 51.0 Å². The first-order valence-corrected chi connectivity index (χ1v) is 12.4. The number of hydrogen-bond acceptors (Lipinski definition) is 6. The Morgan fingerprint density at radius 3 is 2.22 bits per heavy atom. The second-order valence-corrected chi connectivity index (χ2v) is 9.98. The molecule has 0 aliphatic rings. The summed E-state index contributed by atoms with van der Waals surface area (Å²) < 4.78 is 16.2. The van der Waals surface area contributed by atoms with Gasteiger partial charge in [0.15, 0.2) is 17.7 Å². The molecule has 1 heterocycles. The molecule has 0 fully saturated rings. The Morgan fingerprint density at radius 1 is 1.00 bits per heavy atom. The molecule has 6 nitrogen and oxygen atoms in total. The molecule has 192 valence electrons. The average molecular weight is 511 g/mol. The summed E-state index contributed by atoms with van der Waals surface area (Å²) in [6, 6.07) is 23.6. The fourth-order valence-electron chi connectivity index (χ4n) is 4.02. The van der Waals surface area contributed by atoms with Crippen LogP contribution in [-0.2, 0) is 20.8 Å². The van der Waals surface area contributed by atoms with Crippen molar-refractivity contribution in [3.63, 3.8) is 0 Å². The number of methoxy groups -OCH3 is 1. The van der Waals surface area contributed by atoms with Crippen LogP contribution < -0.4 is 4.74 Å². The molecule has 0 N–H and O–H groups in total. The molecule has 36 heavy (non-hydrogen) atoms. The van der Waals surface area contributed by atoms with E-state index >= 15 is 0 Å². The summed E-state index contributed by atoms with van der Waals surface area (Å²) in [5.41, 5.74) is 2.32. The van der Waals surface area contributed by atoms with Gasteiger partial charge in [-0.3, -0.25) is 9.69 Å². The molecular formula is C29H35ClN2O4. The summed E-state index contributed by atoms with van der Waals surface area (Å²) in [7, 11) is 1.54. The molecule has 0 saturated heterocycles. The number of benzene rings is 2. The summed E-state index contributed by atoms with van der Waals surface area (Å²) in [5, 5.41) is 0.214. The maximum Gasteiger partial charge on any atom is 0.308 e. The zero-order chi connectivity index (χ0) is 26.1. The molecule has 3 rings (SSSR count). The van der Waals surface area contributed by atoms with Crippen molar-refractivity contribution in [3.05, 3.63) is 94.8 Å². The molecule has 0 aliphatic heterocycles. The van der Waals surface area contributed by atoms with Gasteiger partial charge < -0.3 is 14.2 Å². The van der Waals surface area contributed by atoms with E-state index in [1.807, 2.05) is 63.2 Å². The van der Waals surface area contributed by atoms with Gasteiger partial charge in [-0.15, -0.1) is 0 Å². The van der Waals surface area contributed by atoms with Crippen LogP contribution in [0.5, 0.6) is 5.75 Å². The lowest BCUT2D eigenvalue weighted by molar-refractivity contribution is -0.156. The molecule has 2 atom stereocenters. The number of hydrogen-bond donors (Lipinski definition) is 0. The van der Waals surface area contributed by atoms with E-state index in [0.29, 0.717) is 18.0 Å². The fourth-order valence-corrected chi connectivity index (χ4v) is 4.23. The second kappa shape index (κ2) is 12.9. The molecule has 3 aromatic rings. The molecule has 0 unspecified atom stereocenters. The highest BCUT2D eigenvalue weighted by atomic mass is 35.5. The maximum atomic E-state index is 13.1. The second-order valence-electron chi connectivity index (χ2n) is 9.63. The third-order valence-corrected chi connectivity index (χ3v) is 5.95. The van der Waals surface area contributed by atoms with Gasteiger partial charge >= 0.3 is 5.97 Å². The third kappa shape index (κ3) is 8.05. The molecule has 0 saturated carbocycles. The lowest BCUT2D eigenvalue weighted by Gasteiger charge is -2.37. The molecule has 7 heteroatoms. The molecular weight excluding hydrogens is 476 g/mol. The van der Waals surface area contributed by atoms with Crippen LogP contribution in [-0.4, -0.2) is 35.4 Å². The number of esters is 1. The Morgan fingerprint density at radius 2 is 1.64 bits per heavy atom. The number of ether oxygens (including phenoxy) is 3. The maximum absolute atomic E-state index is 13.1. The summed E-state index contributed by atoms with van der Waals surface area (Å²) in [6.07, 6.45) is 0.114. The highest BCUT2D eigenvalue weighted by Gasteiger charge is 2.31. The van der Waals surface area contributed by atoms with E-state index in [2.05, 4.69) is 41.1 Å². The van der Waals surface area contributed by atoms with Crippen LogP contribution in [0, 0.1) is 0 Å². The van der Waals surface area contributed by atoms with Crippen molar-refractivity contribution in [3.8, 4) is 5.75 Å². The standard InChI is InChI=1S/C29H35ClN2O4/c1-21(23-14-10-7-11-15-23)32(19-22-12-8-6-9-13-22)25(18-27(33)36-29(2,3)4)24-16-17-26(28(30)31-24)35-20-34-5/h6-17,21,25H,18-20H2,1-5H3/t21-,25+/m0/s1. The monoisotopic (exact) mass is 510 g/mol. The van der Waals surface area contributed by atoms with E-state index < -0.39 is 11.6 Å². The van der Waals surface area contributed by atoms with Gasteiger partial charge in [0.2, 0.25) is 0 Å². The minimum Gasteiger partial charge on any atom is -0.464 e. The van der Waals surface area contributed by atoms with E-state index in [1.165, 1.54) is 0 Å². The SMILES string of the molecule is COCOc1ccc([C@@H](CC(=O)OC(C)(C)C)N(Cc2ccccc2)[C@@H](C)c2ccccc2)nc1Cl. The zero-order valence-corrected chi connectivity index (χ0v) is 22.4. The molecule has 0 aliphatic carbocycles. The minimum absolute atomic E-state index is 0.0242. The van der Waals surface area contributed by atoms with Gasteiger partial charge in [-0.1, -0.05) is 72.3 Å². The van der Waals surface area contributed by atoms with E-state index in [4.69, 9.17) is 25.8 Å². The lowest BCUT2D eigenvalue weighted by Crippen LogP contribution is -2.35. The first kappa shape index (κ1) is 27.7. The highest BCUT2D eigenvalue weighted by molar-refractivity contribution is 6.30. The first-order chi connectivity index (χ1) is 17.2. The number of carbonyl (C=O) groups is 1. The molecule has 2 aromatic carbocycles. The van der Waals surface area contributed by atoms with Gasteiger partial charge in [0.25, 0.3) is 0 Å². The van der Waals surface area contributed by atoms with Crippen molar-refractivity contribution in [1.82, 2.24) is 9.88 Å². The van der Waals surface area contributed by atoms with Gasteiger partial charge in [-0.2, -0.15) is 0 Å². The highest BCUT2D eigenvalue weighted by Crippen LogP contribution is 2.36. The van der Waals surface area contributed by atoms with E-state index in [9.17, 15) is 4.79 Å². The Bertz CT molecular complexity index is 1100. The molecule has 0 spiro atoms. The molecule has 0 radical (unpaired) electrons. The number of aromatic nitrogens is 1. The van der Waals surface area contributed by atoms with E-state index in [-0.39, 0.29) is 30.4 Å². The van der Waals surface area contributed by atoms with Crippen molar-refractivity contribution in [2.75, 3.05) is 13.9 Å². The Hall–Kier alpha value is -2.93. The number of halogens is 1. The van der Waals surface area contributed by atoms with E-state index in [1.54, 1.807) is 13.2 Å². The number of rotatable bonds is 11.